The second kappa shape index (κ2) is 5.15. The van der Waals surface area contributed by atoms with Crippen molar-refractivity contribution in [2.45, 2.75) is 39.2 Å². The van der Waals surface area contributed by atoms with E-state index >= 15 is 0 Å². The standard InChI is InChI=1S/C16H21ClN2/c1-11-7-12(5-6-15(11)17)14-10-19(16(2,3)4)9-13(14)8-18/h5-7,13-14H,9-10H2,1-4H3/t13-,14+/m1/s1. The lowest BCUT2D eigenvalue weighted by molar-refractivity contribution is 0.170. The zero-order chi connectivity index (χ0) is 14.2. The monoisotopic (exact) mass is 276 g/mol. The molecular weight excluding hydrogens is 256 g/mol. The molecule has 1 heterocycles. The lowest BCUT2D eigenvalue weighted by Gasteiger charge is -2.31. The molecule has 0 bridgehead atoms. The third-order valence-corrected chi connectivity index (χ3v) is 4.47. The number of halogens is 1. The van der Waals surface area contributed by atoms with Gasteiger partial charge in [-0.25, -0.2) is 0 Å². The Hall–Kier alpha value is -1.04. The van der Waals surface area contributed by atoms with Crippen LogP contribution in [-0.4, -0.2) is 23.5 Å². The molecule has 102 valence electrons. The second-order valence-electron chi connectivity index (χ2n) is 6.43. The maximum atomic E-state index is 9.40. The highest BCUT2D eigenvalue weighted by Crippen LogP contribution is 2.36. The average molecular weight is 277 g/mol. The van der Waals surface area contributed by atoms with Gasteiger partial charge in [0.1, 0.15) is 0 Å². The first-order chi connectivity index (χ1) is 8.82. The highest BCUT2D eigenvalue weighted by atomic mass is 35.5. The summed E-state index contributed by atoms with van der Waals surface area (Å²) in [5, 5.41) is 10.2. The normalized spacial score (nSPS) is 24.4. The van der Waals surface area contributed by atoms with E-state index in [2.05, 4.69) is 43.9 Å². The summed E-state index contributed by atoms with van der Waals surface area (Å²) < 4.78 is 0. The summed E-state index contributed by atoms with van der Waals surface area (Å²) in [5.74, 6) is 0.361. The number of likely N-dealkylation sites (tertiary alicyclic amines) is 1. The molecule has 0 N–H and O–H groups in total. The largest absolute Gasteiger partial charge is 0.297 e. The van der Waals surface area contributed by atoms with Gasteiger partial charge in [-0.05, 0) is 44.9 Å². The van der Waals surface area contributed by atoms with E-state index in [9.17, 15) is 5.26 Å². The number of hydrogen-bond donors (Lipinski definition) is 0. The summed E-state index contributed by atoms with van der Waals surface area (Å²) in [6.07, 6.45) is 0. The topological polar surface area (TPSA) is 27.0 Å². The van der Waals surface area contributed by atoms with Crippen LogP contribution in [0.3, 0.4) is 0 Å². The van der Waals surface area contributed by atoms with Crippen LogP contribution in [0.25, 0.3) is 0 Å². The first-order valence-electron chi connectivity index (χ1n) is 6.73. The summed E-state index contributed by atoms with van der Waals surface area (Å²) in [4.78, 5) is 2.40. The van der Waals surface area contributed by atoms with Crippen LogP contribution in [0.2, 0.25) is 5.02 Å². The van der Waals surface area contributed by atoms with Crippen molar-refractivity contribution in [1.29, 1.82) is 5.26 Å². The maximum Gasteiger partial charge on any atom is 0.0676 e. The van der Waals surface area contributed by atoms with Gasteiger partial charge >= 0.3 is 0 Å². The van der Waals surface area contributed by atoms with Gasteiger partial charge in [-0.3, -0.25) is 4.90 Å². The molecule has 3 heteroatoms. The Balaban J connectivity index is 2.28. The van der Waals surface area contributed by atoms with Gasteiger partial charge in [0.05, 0.1) is 12.0 Å². The number of rotatable bonds is 1. The van der Waals surface area contributed by atoms with E-state index < -0.39 is 0 Å². The fourth-order valence-electron chi connectivity index (χ4n) is 2.72. The highest BCUT2D eigenvalue weighted by molar-refractivity contribution is 6.31. The van der Waals surface area contributed by atoms with Gasteiger partial charge in [0.2, 0.25) is 0 Å². The number of nitriles is 1. The summed E-state index contributed by atoms with van der Waals surface area (Å²) in [7, 11) is 0. The van der Waals surface area contributed by atoms with Crippen LogP contribution >= 0.6 is 11.6 Å². The Morgan fingerprint density at radius 2 is 2.00 bits per heavy atom. The van der Waals surface area contributed by atoms with Gasteiger partial charge in [-0.2, -0.15) is 5.26 Å². The van der Waals surface area contributed by atoms with Crippen molar-refractivity contribution in [3.05, 3.63) is 34.3 Å². The van der Waals surface area contributed by atoms with E-state index in [0.717, 1.165) is 23.7 Å². The van der Waals surface area contributed by atoms with Crippen LogP contribution in [0.15, 0.2) is 18.2 Å². The molecule has 0 spiro atoms. The Labute approximate surface area is 121 Å². The van der Waals surface area contributed by atoms with E-state index in [1.165, 1.54) is 5.56 Å². The van der Waals surface area contributed by atoms with Crippen molar-refractivity contribution in [2.24, 2.45) is 5.92 Å². The predicted octanol–water partition coefficient (Wildman–Crippen LogP) is 3.99. The van der Waals surface area contributed by atoms with Gasteiger partial charge in [0.15, 0.2) is 0 Å². The molecule has 1 fully saturated rings. The molecule has 0 radical (unpaired) electrons. The summed E-state index contributed by atoms with van der Waals surface area (Å²) >= 11 is 6.08. The molecule has 0 unspecified atom stereocenters. The minimum absolute atomic E-state index is 0.0693. The summed E-state index contributed by atoms with van der Waals surface area (Å²) in [6, 6.07) is 8.61. The van der Waals surface area contributed by atoms with Crippen LogP contribution in [-0.2, 0) is 0 Å². The van der Waals surface area contributed by atoms with Crippen molar-refractivity contribution in [2.75, 3.05) is 13.1 Å². The Morgan fingerprint density at radius 1 is 1.32 bits per heavy atom. The van der Waals surface area contributed by atoms with Crippen LogP contribution in [0, 0.1) is 24.2 Å². The van der Waals surface area contributed by atoms with Crippen molar-refractivity contribution in [1.82, 2.24) is 4.90 Å². The van der Waals surface area contributed by atoms with Gasteiger partial charge in [0.25, 0.3) is 0 Å². The second-order valence-corrected chi connectivity index (χ2v) is 6.83. The third kappa shape index (κ3) is 2.94. The van der Waals surface area contributed by atoms with Gasteiger partial charge in [-0.15, -0.1) is 0 Å². The molecule has 1 saturated heterocycles. The number of aryl methyl sites for hydroxylation is 1. The molecule has 2 atom stereocenters. The molecule has 2 rings (SSSR count). The molecule has 2 nitrogen and oxygen atoms in total. The Bertz CT molecular complexity index is 510. The molecule has 0 saturated carbocycles. The molecule has 1 aliphatic heterocycles. The number of nitrogens with zero attached hydrogens (tertiary/aromatic N) is 2. The van der Waals surface area contributed by atoms with Crippen molar-refractivity contribution >= 4 is 11.6 Å². The van der Waals surface area contributed by atoms with Crippen LogP contribution in [0.1, 0.15) is 37.8 Å². The quantitative estimate of drug-likeness (QED) is 0.776. The molecule has 1 aromatic rings. The summed E-state index contributed by atoms with van der Waals surface area (Å²) in [5.41, 5.74) is 2.44. The zero-order valence-electron chi connectivity index (χ0n) is 12.1. The SMILES string of the molecule is Cc1cc([C@@H]2CN(C(C)(C)C)C[C@H]2C#N)ccc1Cl. The third-order valence-electron chi connectivity index (χ3n) is 4.04. The molecule has 1 aromatic carbocycles. The van der Waals surface area contributed by atoms with E-state index in [4.69, 9.17) is 11.6 Å². The smallest absolute Gasteiger partial charge is 0.0676 e. The first-order valence-corrected chi connectivity index (χ1v) is 7.11. The fourth-order valence-corrected chi connectivity index (χ4v) is 2.84. The van der Waals surface area contributed by atoms with Gasteiger partial charge in [0, 0.05) is 29.6 Å². The lowest BCUT2D eigenvalue weighted by atomic mass is 9.89. The Morgan fingerprint density at radius 3 is 2.53 bits per heavy atom. The fraction of sp³-hybridized carbons (Fsp3) is 0.562. The van der Waals surface area contributed by atoms with Gasteiger partial charge in [-0.1, -0.05) is 23.7 Å². The molecule has 0 aliphatic carbocycles. The Kier molecular flexibility index (Phi) is 3.90. The lowest BCUT2D eigenvalue weighted by Crippen LogP contribution is -2.39. The molecule has 0 amide bonds. The minimum atomic E-state index is 0.0693. The molecular formula is C16H21ClN2. The van der Waals surface area contributed by atoms with Crippen molar-refractivity contribution < 1.29 is 0 Å². The molecule has 0 aromatic heterocycles. The van der Waals surface area contributed by atoms with Crippen molar-refractivity contribution in [3.8, 4) is 6.07 Å². The summed E-state index contributed by atoms with van der Waals surface area (Å²) in [6.45, 7) is 10.4. The average Bonchev–Trinajstić information content (AvgIpc) is 2.76. The molecule has 1 aliphatic rings. The highest BCUT2D eigenvalue weighted by Gasteiger charge is 2.38. The molecule has 19 heavy (non-hydrogen) atoms. The maximum absolute atomic E-state index is 9.40. The van der Waals surface area contributed by atoms with E-state index in [1.54, 1.807) is 0 Å². The minimum Gasteiger partial charge on any atom is -0.297 e. The number of benzene rings is 1. The van der Waals surface area contributed by atoms with Crippen molar-refractivity contribution in [3.63, 3.8) is 0 Å². The van der Waals surface area contributed by atoms with E-state index in [0.29, 0.717) is 5.92 Å². The predicted molar refractivity (Wildman–Crippen MR) is 79.4 cm³/mol. The van der Waals surface area contributed by atoms with Crippen LogP contribution < -0.4 is 0 Å². The van der Waals surface area contributed by atoms with Crippen LogP contribution in [0.4, 0.5) is 0 Å². The first kappa shape index (κ1) is 14.4. The van der Waals surface area contributed by atoms with E-state index in [-0.39, 0.29) is 11.5 Å². The van der Waals surface area contributed by atoms with Crippen LogP contribution in [0.5, 0.6) is 0 Å². The number of hydrogen-bond acceptors (Lipinski definition) is 2. The van der Waals surface area contributed by atoms with Gasteiger partial charge < -0.3 is 0 Å². The van der Waals surface area contributed by atoms with E-state index in [1.807, 2.05) is 13.0 Å². The zero-order valence-corrected chi connectivity index (χ0v) is 12.8.